The van der Waals surface area contributed by atoms with Crippen molar-refractivity contribution in [1.29, 1.82) is 0 Å². The molecule has 1 aliphatic rings. The summed E-state index contributed by atoms with van der Waals surface area (Å²) in [6, 6.07) is 7.08. The summed E-state index contributed by atoms with van der Waals surface area (Å²) < 4.78 is 0. The molecule has 1 fully saturated rings. The Morgan fingerprint density at radius 3 is 2.87 bits per heavy atom. The monoisotopic (exact) mass is 314 g/mol. The number of hydrogen-bond acceptors (Lipinski definition) is 4. The van der Waals surface area contributed by atoms with E-state index < -0.39 is 0 Å². The number of H-pyrrole nitrogens is 1. The lowest BCUT2D eigenvalue weighted by Crippen LogP contribution is -2.43. The summed E-state index contributed by atoms with van der Waals surface area (Å²) in [5.41, 5.74) is 0.397. The highest BCUT2D eigenvalue weighted by Crippen LogP contribution is 2.14. The molecular weight excluding hydrogens is 296 g/mol. The first-order valence-electron chi connectivity index (χ1n) is 7.54. The molecule has 2 aromatic rings. The van der Waals surface area contributed by atoms with Crippen molar-refractivity contribution in [3.8, 4) is 0 Å². The molecule has 0 spiro atoms. The van der Waals surface area contributed by atoms with Crippen LogP contribution in [0.25, 0.3) is 10.9 Å². The third kappa shape index (κ3) is 3.23. The molecule has 2 heterocycles. The molecular formula is C16H18N4O3. The van der Waals surface area contributed by atoms with Crippen LogP contribution >= 0.6 is 0 Å². The quantitative estimate of drug-likeness (QED) is 0.857. The second-order valence-electron chi connectivity index (χ2n) is 5.76. The van der Waals surface area contributed by atoms with Crippen molar-refractivity contribution in [1.82, 2.24) is 20.2 Å². The van der Waals surface area contributed by atoms with E-state index in [9.17, 15) is 14.4 Å². The summed E-state index contributed by atoms with van der Waals surface area (Å²) in [5.74, 6) is 0.160. The molecule has 1 aromatic heterocycles. The van der Waals surface area contributed by atoms with Gasteiger partial charge in [-0.2, -0.15) is 0 Å². The number of nitrogens with zero attached hydrogens (tertiary/aromatic N) is 2. The zero-order chi connectivity index (χ0) is 16.4. The lowest BCUT2D eigenvalue weighted by Gasteiger charge is -2.26. The Morgan fingerprint density at radius 1 is 1.35 bits per heavy atom. The second-order valence-corrected chi connectivity index (χ2v) is 5.76. The number of rotatable bonds is 3. The van der Waals surface area contributed by atoms with Gasteiger partial charge in [0.05, 0.1) is 23.4 Å². The summed E-state index contributed by atoms with van der Waals surface area (Å²) in [7, 11) is 1.67. The number of aromatic nitrogens is 2. The number of carbonyl (C=O) groups is 2. The summed E-state index contributed by atoms with van der Waals surface area (Å²) in [4.78, 5) is 44.3. The smallest absolute Gasteiger partial charge is 0.258 e. The molecule has 7 nitrogen and oxygen atoms in total. The van der Waals surface area contributed by atoms with E-state index >= 15 is 0 Å². The predicted octanol–water partition coefficient (Wildman–Crippen LogP) is 0.408. The van der Waals surface area contributed by atoms with Gasteiger partial charge in [-0.3, -0.25) is 14.4 Å². The normalized spacial score (nSPS) is 17.8. The Bertz CT molecular complexity index is 804. The fourth-order valence-electron chi connectivity index (χ4n) is 2.77. The molecule has 120 valence electrons. The van der Waals surface area contributed by atoms with Crippen LogP contribution in [-0.4, -0.2) is 40.3 Å². The van der Waals surface area contributed by atoms with Crippen LogP contribution in [0.5, 0.6) is 0 Å². The van der Waals surface area contributed by atoms with E-state index in [0.717, 1.165) is 0 Å². The molecule has 1 saturated heterocycles. The largest absolute Gasteiger partial charge is 0.355 e. The van der Waals surface area contributed by atoms with Gasteiger partial charge in [0.25, 0.3) is 5.56 Å². The average Bonchev–Trinajstić information content (AvgIpc) is 2.55. The number of amides is 2. The molecule has 0 bridgehead atoms. The van der Waals surface area contributed by atoms with Crippen molar-refractivity contribution >= 4 is 22.7 Å². The van der Waals surface area contributed by atoms with E-state index in [1.807, 2.05) is 6.07 Å². The van der Waals surface area contributed by atoms with Crippen molar-refractivity contribution in [3.63, 3.8) is 0 Å². The fraction of sp³-hybridized carbons (Fsp3) is 0.375. The molecule has 0 radical (unpaired) electrons. The van der Waals surface area contributed by atoms with E-state index in [-0.39, 0.29) is 29.8 Å². The zero-order valence-corrected chi connectivity index (χ0v) is 12.8. The van der Waals surface area contributed by atoms with Crippen molar-refractivity contribution in [2.45, 2.75) is 19.4 Å². The van der Waals surface area contributed by atoms with Crippen LogP contribution < -0.4 is 10.9 Å². The van der Waals surface area contributed by atoms with Crippen molar-refractivity contribution in [2.24, 2.45) is 5.92 Å². The highest BCUT2D eigenvalue weighted by atomic mass is 16.2. The number of hydrogen-bond donors (Lipinski definition) is 2. The van der Waals surface area contributed by atoms with Crippen LogP contribution in [0.15, 0.2) is 29.1 Å². The molecule has 0 saturated carbocycles. The summed E-state index contributed by atoms with van der Waals surface area (Å²) in [6.45, 7) is 0.590. The number of aromatic amines is 1. The van der Waals surface area contributed by atoms with Gasteiger partial charge in [0.1, 0.15) is 5.82 Å². The van der Waals surface area contributed by atoms with E-state index in [4.69, 9.17) is 0 Å². The SMILES string of the molecule is CN(Cc1nc2ccccc2c(=O)[nH]1)C(=O)C1CCC(=O)NC1. The molecule has 2 N–H and O–H groups in total. The average molecular weight is 314 g/mol. The predicted molar refractivity (Wildman–Crippen MR) is 84.6 cm³/mol. The number of para-hydroxylation sites is 1. The van der Waals surface area contributed by atoms with Crippen LogP contribution in [0.4, 0.5) is 0 Å². The summed E-state index contributed by atoms with van der Waals surface area (Å²) >= 11 is 0. The molecule has 7 heteroatoms. The third-order valence-electron chi connectivity index (χ3n) is 4.04. The van der Waals surface area contributed by atoms with E-state index in [1.54, 1.807) is 25.2 Å². The van der Waals surface area contributed by atoms with Gasteiger partial charge in [-0.15, -0.1) is 0 Å². The van der Waals surface area contributed by atoms with Gasteiger partial charge in [0.2, 0.25) is 11.8 Å². The van der Waals surface area contributed by atoms with Crippen LogP contribution in [-0.2, 0) is 16.1 Å². The number of fused-ring (bicyclic) bond motifs is 1. The third-order valence-corrected chi connectivity index (χ3v) is 4.04. The molecule has 1 aromatic carbocycles. The maximum absolute atomic E-state index is 12.4. The zero-order valence-electron chi connectivity index (χ0n) is 12.8. The van der Waals surface area contributed by atoms with Crippen molar-refractivity contribution in [2.75, 3.05) is 13.6 Å². The standard InChI is InChI=1S/C16H18N4O3/c1-20(16(23)10-6-7-14(21)17-8-10)9-13-18-12-5-3-2-4-11(12)15(22)19-13/h2-5,10H,6-9H2,1H3,(H,17,21)(H,18,19,22). The van der Waals surface area contributed by atoms with Crippen LogP contribution in [0.2, 0.25) is 0 Å². The van der Waals surface area contributed by atoms with Gasteiger partial charge in [-0.05, 0) is 18.6 Å². The Kier molecular flexibility index (Phi) is 4.10. The number of nitrogens with one attached hydrogen (secondary N) is 2. The summed E-state index contributed by atoms with van der Waals surface area (Å²) in [5, 5.41) is 3.23. The van der Waals surface area contributed by atoms with Gasteiger partial charge < -0.3 is 15.2 Å². The minimum absolute atomic E-state index is 0.0165. The number of benzene rings is 1. The van der Waals surface area contributed by atoms with Gasteiger partial charge in [-0.1, -0.05) is 12.1 Å². The van der Waals surface area contributed by atoms with Gasteiger partial charge in [0.15, 0.2) is 0 Å². The number of piperidine rings is 1. The van der Waals surface area contributed by atoms with Gasteiger partial charge in [0, 0.05) is 20.0 Å². The Hall–Kier alpha value is -2.70. The highest BCUT2D eigenvalue weighted by molar-refractivity contribution is 5.83. The maximum Gasteiger partial charge on any atom is 0.258 e. The summed E-state index contributed by atoms with van der Waals surface area (Å²) in [6.07, 6.45) is 0.923. The fourth-order valence-corrected chi connectivity index (χ4v) is 2.77. The first-order chi connectivity index (χ1) is 11.0. The lowest BCUT2D eigenvalue weighted by atomic mass is 9.98. The molecule has 0 aliphatic carbocycles. The topological polar surface area (TPSA) is 95.2 Å². The van der Waals surface area contributed by atoms with Gasteiger partial charge in [-0.25, -0.2) is 4.98 Å². The van der Waals surface area contributed by atoms with Crippen LogP contribution in [0.3, 0.4) is 0 Å². The minimum atomic E-state index is -0.218. The first kappa shape index (κ1) is 15.2. The van der Waals surface area contributed by atoms with Crippen molar-refractivity contribution < 1.29 is 9.59 Å². The number of carbonyl (C=O) groups excluding carboxylic acids is 2. The molecule has 23 heavy (non-hydrogen) atoms. The maximum atomic E-state index is 12.4. The van der Waals surface area contributed by atoms with E-state index in [2.05, 4.69) is 15.3 Å². The second kappa shape index (κ2) is 6.20. The van der Waals surface area contributed by atoms with Crippen LogP contribution in [0.1, 0.15) is 18.7 Å². The Balaban J connectivity index is 1.74. The van der Waals surface area contributed by atoms with Crippen LogP contribution in [0, 0.1) is 5.92 Å². The van der Waals surface area contributed by atoms with Gasteiger partial charge >= 0.3 is 0 Å². The Morgan fingerprint density at radius 2 is 2.13 bits per heavy atom. The van der Waals surface area contributed by atoms with Crippen molar-refractivity contribution in [3.05, 3.63) is 40.4 Å². The first-order valence-corrected chi connectivity index (χ1v) is 7.54. The lowest BCUT2D eigenvalue weighted by molar-refractivity contribution is -0.136. The minimum Gasteiger partial charge on any atom is -0.355 e. The highest BCUT2D eigenvalue weighted by Gasteiger charge is 2.27. The molecule has 2 amide bonds. The molecule has 1 atom stereocenters. The van der Waals surface area contributed by atoms with E-state index in [0.29, 0.717) is 36.1 Å². The Labute approximate surface area is 132 Å². The molecule has 1 aliphatic heterocycles. The molecule has 1 unspecified atom stereocenters. The molecule has 3 rings (SSSR count). The van der Waals surface area contributed by atoms with E-state index in [1.165, 1.54) is 4.90 Å².